The minimum atomic E-state index is -0.162. The molecular weight excluding hydrogens is 304 g/mol. The van der Waals surface area contributed by atoms with E-state index in [0.29, 0.717) is 13.2 Å². The average molecular weight is 326 g/mol. The van der Waals surface area contributed by atoms with Crippen molar-refractivity contribution in [1.82, 2.24) is 4.90 Å². The third-order valence-corrected chi connectivity index (χ3v) is 3.94. The molecular formula is C19H22N2O3. The molecule has 0 atom stereocenters. The Bertz CT molecular complexity index is 654. The first kappa shape index (κ1) is 16.3. The molecule has 2 aromatic rings. The van der Waals surface area contributed by atoms with Crippen LogP contribution < -0.4 is 10.1 Å². The van der Waals surface area contributed by atoms with Crippen LogP contribution in [0.1, 0.15) is 18.4 Å². The highest BCUT2D eigenvalue weighted by molar-refractivity contribution is 5.89. The van der Waals surface area contributed by atoms with Crippen LogP contribution in [-0.2, 0) is 6.61 Å². The standard InChI is InChI=1S/C19H22N2O3/c22-13-12-21(17-8-9-17)19(23)20-16-6-10-18(11-7-16)24-14-15-4-2-1-3-5-15/h1-7,10-11,17,22H,8-9,12-14H2,(H,20,23). The van der Waals surface area contributed by atoms with Crippen molar-refractivity contribution in [2.75, 3.05) is 18.5 Å². The molecule has 24 heavy (non-hydrogen) atoms. The lowest BCUT2D eigenvalue weighted by Crippen LogP contribution is -2.38. The van der Waals surface area contributed by atoms with Crippen molar-refractivity contribution in [2.24, 2.45) is 0 Å². The number of urea groups is 1. The molecule has 0 aromatic heterocycles. The number of nitrogens with zero attached hydrogens (tertiary/aromatic N) is 1. The van der Waals surface area contributed by atoms with Gasteiger partial charge in [0.15, 0.2) is 0 Å². The van der Waals surface area contributed by atoms with Gasteiger partial charge in [-0.15, -0.1) is 0 Å². The number of carbonyl (C=O) groups is 1. The van der Waals surface area contributed by atoms with E-state index in [1.54, 1.807) is 4.90 Å². The van der Waals surface area contributed by atoms with Crippen LogP contribution in [0.3, 0.4) is 0 Å². The SMILES string of the molecule is O=C(Nc1ccc(OCc2ccccc2)cc1)N(CCO)C1CC1. The highest BCUT2D eigenvalue weighted by Gasteiger charge is 2.32. The number of anilines is 1. The Kier molecular flexibility index (Phi) is 5.33. The number of hydrogen-bond donors (Lipinski definition) is 2. The van der Waals surface area contributed by atoms with Crippen LogP contribution in [0.5, 0.6) is 5.75 Å². The van der Waals surface area contributed by atoms with Crippen molar-refractivity contribution in [3.8, 4) is 5.75 Å². The summed E-state index contributed by atoms with van der Waals surface area (Å²) in [6.45, 7) is 0.865. The van der Waals surface area contributed by atoms with Crippen LogP contribution in [-0.4, -0.2) is 35.2 Å². The van der Waals surface area contributed by atoms with E-state index < -0.39 is 0 Å². The fourth-order valence-corrected chi connectivity index (χ4v) is 2.51. The molecule has 3 rings (SSSR count). The number of rotatable bonds is 7. The molecule has 0 spiro atoms. The number of aliphatic hydroxyl groups is 1. The number of aliphatic hydroxyl groups excluding tert-OH is 1. The van der Waals surface area contributed by atoms with Crippen molar-refractivity contribution in [3.63, 3.8) is 0 Å². The molecule has 0 saturated heterocycles. The molecule has 0 aliphatic heterocycles. The van der Waals surface area contributed by atoms with E-state index in [1.807, 2.05) is 54.6 Å². The van der Waals surface area contributed by atoms with Crippen molar-refractivity contribution < 1.29 is 14.6 Å². The van der Waals surface area contributed by atoms with Crippen LogP contribution >= 0.6 is 0 Å². The van der Waals surface area contributed by atoms with Gasteiger partial charge in [0.25, 0.3) is 0 Å². The zero-order chi connectivity index (χ0) is 16.8. The lowest BCUT2D eigenvalue weighted by Gasteiger charge is -2.21. The Morgan fingerprint density at radius 1 is 1.12 bits per heavy atom. The van der Waals surface area contributed by atoms with Gasteiger partial charge in [0, 0.05) is 18.3 Å². The Balaban J connectivity index is 1.53. The van der Waals surface area contributed by atoms with Crippen LogP contribution in [0.15, 0.2) is 54.6 Å². The summed E-state index contributed by atoms with van der Waals surface area (Å²) >= 11 is 0. The van der Waals surface area contributed by atoms with E-state index >= 15 is 0 Å². The molecule has 2 amide bonds. The number of benzene rings is 2. The van der Waals surface area contributed by atoms with Crippen molar-refractivity contribution in [2.45, 2.75) is 25.5 Å². The number of amides is 2. The highest BCUT2D eigenvalue weighted by atomic mass is 16.5. The van der Waals surface area contributed by atoms with E-state index in [2.05, 4.69) is 5.32 Å². The van der Waals surface area contributed by atoms with Gasteiger partial charge in [-0.25, -0.2) is 4.79 Å². The van der Waals surface area contributed by atoms with Crippen LogP contribution in [0, 0.1) is 0 Å². The topological polar surface area (TPSA) is 61.8 Å². The summed E-state index contributed by atoms with van der Waals surface area (Å²) < 4.78 is 5.73. The molecule has 1 aliphatic rings. The highest BCUT2D eigenvalue weighted by Crippen LogP contribution is 2.27. The molecule has 2 aromatic carbocycles. The van der Waals surface area contributed by atoms with Gasteiger partial charge < -0.3 is 20.1 Å². The third-order valence-electron chi connectivity index (χ3n) is 3.94. The zero-order valence-corrected chi connectivity index (χ0v) is 13.5. The molecule has 126 valence electrons. The normalized spacial score (nSPS) is 13.4. The van der Waals surface area contributed by atoms with Crippen molar-refractivity contribution >= 4 is 11.7 Å². The first-order valence-corrected chi connectivity index (χ1v) is 8.21. The summed E-state index contributed by atoms with van der Waals surface area (Å²) in [6.07, 6.45) is 2.03. The molecule has 1 saturated carbocycles. The van der Waals surface area contributed by atoms with Gasteiger partial charge in [-0.05, 0) is 42.7 Å². The van der Waals surface area contributed by atoms with Gasteiger partial charge in [0.1, 0.15) is 12.4 Å². The van der Waals surface area contributed by atoms with E-state index in [-0.39, 0.29) is 18.7 Å². The molecule has 0 heterocycles. The summed E-state index contributed by atoms with van der Waals surface area (Å²) in [6, 6.07) is 17.4. The van der Waals surface area contributed by atoms with E-state index in [0.717, 1.165) is 29.8 Å². The Morgan fingerprint density at radius 3 is 2.46 bits per heavy atom. The molecule has 5 heteroatoms. The second kappa shape index (κ2) is 7.84. The van der Waals surface area contributed by atoms with Gasteiger partial charge in [-0.1, -0.05) is 30.3 Å². The van der Waals surface area contributed by atoms with Gasteiger partial charge >= 0.3 is 6.03 Å². The van der Waals surface area contributed by atoms with Crippen LogP contribution in [0.25, 0.3) is 0 Å². The molecule has 0 radical (unpaired) electrons. The molecule has 0 bridgehead atoms. The molecule has 0 unspecified atom stereocenters. The van der Waals surface area contributed by atoms with Gasteiger partial charge in [0.2, 0.25) is 0 Å². The quantitative estimate of drug-likeness (QED) is 0.821. The van der Waals surface area contributed by atoms with Gasteiger partial charge in [0.05, 0.1) is 6.61 Å². The third kappa shape index (κ3) is 4.49. The van der Waals surface area contributed by atoms with Gasteiger partial charge in [-0.3, -0.25) is 0 Å². The average Bonchev–Trinajstić information content (AvgIpc) is 3.45. The smallest absolute Gasteiger partial charge is 0.322 e. The minimum absolute atomic E-state index is 0.0177. The molecule has 1 fully saturated rings. The van der Waals surface area contributed by atoms with Gasteiger partial charge in [-0.2, -0.15) is 0 Å². The number of hydrogen-bond acceptors (Lipinski definition) is 3. The Hall–Kier alpha value is -2.53. The lowest BCUT2D eigenvalue weighted by molar-refractivity contribution is 0.185. The number of ether oxygens (including phenoxy) is 1. The molecule has 5 nitrogen and oxygen atoms in total. The summed E-state index contributed by atoms with van der Waals surface area (Å²) in [5.74, 6) is 0.756. The monoisotopic (exact) mass is 326 g/mol. The summed E-state index contributed by atoms with van der Waals surface area (Å²) in [4.78, 5) is 13.9. The zero-order valence-electron chi connectivity index (χ0n) is 13.5. The van der Waals surface area contributed by atoms with Crippen molar-refractivity contribution in [3.05, 3.63) is 60.2 Å². The largest absolute Gasteiger partial charge is 0.489 e. The second-order valence-electron chi connectivity index (χ2n) is 5.88. The van der Waals surface area contributed by atoms with Crippen molar-refractivity contribution in [1.29, 1.82) is 0 Å². The first-order chi connectivity index (χ1) is 11.8. The number of nitrogens with one attached hydrogen (secondary N) is 1. The summed E-state index contributed by atoms with van der Waals surface area (Å²) in [5, 5.41) is 11.9. The predicted octanol–water partition coefficient (Wildman–Crippen LogP) is 3.25. The first-order valence-electron chi connectivity index (χ1n) is 8.21. The van der Waals surface area contributed by atoms with E-state index in [1.165, 1.54) is 0 Å². The molecule has 2 N–H and O–H groups in total. The number of carbonyl (C=O) groups excluding carboxylic acids is 1. The maximum absolute atomic E-state index is 12.3. The predicted molar refractivity (Wildman–Crippen MR) is 93.0 cm³/mol. The lowest BCUT2D eigenvalue weighted by atomic mass is 10.2. The van der Waals surface area contributed by atoms with E-state index in [9.17, 15) is 4.79 Å². The second-order valence-corrected chi connectivity index (χ2v) is 5.88. The van der Waals surface area contributed by atoms with E-state index in [4.69, 9.17) is 9.84 Å². The summed E-state index contributed by atoms with van der Waals surface area (Å²) in [5.41, 5.74) is 1.83. The fourth-order valence-electron chi connectivity index (χ4n) is 2.51. The maximum atomic E-state index is 12.3. The Morgan fingerprint density at radius 2 is 1.83 bits per heavy atom. The fraction of sp³-hybridized carbons (Fsp3) is 0.316. The van der Waals surface area contributed by atoms with Crippen LogP contribution in [0.2, 0.25) is 0 Å². The molecule has 1 aliphatic carbocycles. The minimum Gasteiger partial charge on any atom is -0.489 e. The van der Waals surface area contributed by atoms with Crippen LogP contribution in [0.4, 0.5) is 10.5 Å². The maximum Gasteiger partial charge on any atom is 0.322 e. The summed E-state index contributed by atoms with van der Waals surface area (Å²) in [7, 11) is 0. The Labute approximate surface area is 141 Å².